The van der Waals surface area contributed by atoms with Gasteiger partial charge in [-0.05, 0) is 68.8 Å². The van der Waals surface area contributed by atoms with Crippen LogP contribution in [0.1, 0.15) is 31.9 Å². The van der Waals surface area contributed by atoms with E-state index in [-0.39, 0.29) is 5.56 Å². The molecule has 0 saturated carbocycles. The quantitative estimate of drug-likeness (QED) is 0.538. The number of likely N-dealkylation sites (tertiary alicyclic amines) is 1. The summed E-state index contributed by atoms with van der Waals surface area (Å²) in [6.07, 6.45) is 3.67. The first-order valence-corrected chi connectivity index (χ1v) is 11.2. The lowest BCUT2D eigenvalue weighted by Crippen LogP contribution is -2.28. The molecule has 0 amide bonds. The highest BCUT2D eigenvalue weighted by Crippen LogP contribution is 2.24. The summed E-state index contributed by atoms with van der Waals surface area (Å²) in [6.45, 7) is 7.28. The van der Waals surface area contributed by atoms with Crippen LogP contribution in [0.15, 0.2) is 52.0 Å². The molecule has 0 unspecified atom stereocenters. The minimum absolute atomic E-state index is 0.125. The fraction of sp³-hybridized carbons (Fsp3) is 0.391. The van der Waals surface area contributed by atoms with Gasteiger partial charge in [0.05, 0.1) is 18.0 Å². The fourth-order valence-corrected chi connectivity index (χ4v) is 4.52. The Morgan fingerprint density at radius 2 is 2.07 bits per heavy atom. The third kappa shape index (κ3) is 4.60. The number of hydrogen-bond donors (Lipinski definition) is 0. The van der Waals surface area contributed by atoms with Gasteiger partial charge < -0.3 is 9.64 Å². The maximum absolute atomic E-state index is 12.5. The van der Waals surface area contributed by atoms with E-state index in [9.17, 15) is 4.79 Å². The van der Waals surface area contributed by atoms with Crippen molar-refractivity contribution in [3.05, 3.63) is 63.2 Å². The van der Waals surface area contributed by atoms with Crippen LogP contribution in [0.5, 0.6) is 5.75 Å². The van der Waals surface area contributed by atoms with E-state index in [1.807, 2.05) is 48.0 Å². The zero-order valence-electron chi connectivity index (χ0n) is 17.0. The second kappa shape index (κ2) is 8.93. The number of nitrogens with zero attached hydrogens (tertiary/aromatic N) is 3. The molecular formula is C23H27N3O2S. The van der Waals surface area contributed by atoms with Gasteiger partial charge in [0, 0.05) is 29.6 Å². The predicted octanol–water partition coefficient (Wildman–Crippen LogP) is 4.52. The molecule has 0 aliphatic carbocycles. The fourth-order valence-electron chi connectivity index (χ4n) is 3.91. The molecule has 1 atom stereocenters. The predicted molar refractivity (Wildman–Crippen MR) is 118 cm³/mol. The number of rotatable bonds is 7. The zero-order chi connectivity index (χ0) is 20.2. The van der Waals surface area contributed by atoms with Crippen LogP contribution in [0.25, 0.3) is 16.8 Å². The summed E-state index contributed by atoms with van der Waals surface area (Å²) in [5.74, 6) is 0.862. The molecule has 0 spiro atoms. The Hall–Kier alpha value is -2.44. The summed E-state index contributed by atoms with van der Waals surface area (Å²) in [7, 11) is 0. The van der Waals surface area contributed by atoms with E-state index in [1.165, 1.54) is 24.1 Å². The highest BCUT2D eigenvalue weighted by Gasteiger charge is 2.19. The van der Waals surface area contributed by atoms with Crippen molar-refractivity contribution in [1.29, 1.82) is 0 Å². The molecule has 1 fully saturated rings. The van der Waals surface area contributed by atoms with Crippen LogP contribution in [-0.2, 0) is 0 Å². The lowest BCUT2D eigenvalue weighted by atomic mass is 10.1. The minimum atomic E-state index is -0.125. The molecule has 1 aromatic carbocycles. The third-order valence-electron chi connectivity index (χ3n) is 5.58. The van der Waals surface area contributed by atoms with Crippen molar-refractivity contribution in [1.82, 2.24) is 14.7 Å². The lowest BCUT2D eigenvalue weighted by molar-refractivity contribution is 0.230. The second-order valence-electron chi connectivity index (χ2n) is 7.63. The van der Waals surface area contributed by atoms with Crippen molar-refractivity contribution < 1.29 is 4.74 Å². The summed E-state index contributed by atoms with van der Waals surface area (Å²) in [5.41, 5.74) is 3.34. The van der Waals surface area contributed by atoms with Gasteiger partial charge in [-0.25, -0.2) is 0 Å². The third-order valence-corrected chi connectivity index (χ3v) is 6.25. The molecule has 152 valence electrons. The van der Waals surface area contributed by atoms with Gasteiger partial charge >= 0.3 is 0 Å². The summed E-state index contributed by atoms with van der Waals surface area (Å²) in [5, 5.41) is 8.36. The van der Waals surface area contributed by atoms with Gasteiger partial charge in [-0.3, -0.25) is 4.79 Å². The Kier molecular flexibility index (Phi) is 6.11. The molecule has 4 rings (SSSR count). The summed E-state index contributed by atoms with van der Waals surface area (Å²) < 4.78 is 7.36. The Morgan fingerprint density at radius 3 is 2.76 bits per heavy atom. The van der Waals surface area contributed by atoms with Crippen LogP contribution in [0.3, 0.4) is 0 Å². The molecule has 0 bridgehead atoms. The largest absolute Gasteiger partial charge is 0.494 e. The Bertz CT molecular complexity index is 996. The molecule has 1 aliphatic rings. The topological polar surface area (TPSA) is 47.4 Å². The number of thiophene rings is 1. The van der Waals surface area contributed by atoms with Gasteiger partial charge in [-0.15, -0.1) is 0 Å². The molecule has 1 saturated heterocycles. The van der Waals surface area contributed by atoms with Crippen molar-refractivity contribution in [3.8, 4) is 22.6 Å². The number of benzene rings is 1. The molecule has 3 aromatic rings. The lowest BCUT2D eigenvalue weighted by Gasteiger charge is -2.20. The van der Waals surface area contributed by atoms with Gasteiger partial charge in [-0.1, -0.05) is 12.1 Å². The molecule has 1 aliphatic heterocycles. The molecule has 0 radical (unpaired) electrons. The molecule has 3 heterocycles. The van der Waals surface area contributed by atoms with Crippen molar-refractivity contribution in [3.63, 3.8) is 0 Å². The average Bonchev–Trinajstić information content (AvgIpc) is 3.39. The number of ether oxygens (including phenoxy) is 1. The van der Waals surface area contributed by atoms with Crippen molar-refractivity contribution in [2.75, 3.05) is 19.7 Å². The normalized spacial score (nSPS) is 17.0. The van der Waals surface area contributed by atoms with E-state index in [2.05, 4.69) is 16.9 Å². The monoisotopic (exact) mass is 409 g/mol. The zero-order valence-corrected chi connectivity index (χ0v) is 17.8. The van der Waals surface area contributed by atoms with Crippen molar-refractivity contribution in [2.24, 2.45) is 0 Å². The van der Waals surface area contributed by atoms with Gasteiger partial charge in [0.25, 0.3) is 5.56 Å². The summed E-state index contributed by atoms with van der Waals surface area (Å²) in [4.78, 5) is 15.1. The van der Waals surface area contributed by atoms with E-state index >= 15 is 0 Å². The molecule has 0 N–H and O–H groups in total. The first-order valence-electron chi connectivity index (χ1n) is 10.2. The Morgan fingerprint density at radius 1 is 1.24 bits per heavy atom. The highest BCUT2D eigenvalue weighted by atomic mass is 32.1. The first kappa shape index (κ1) is 19.9. The number of aryl methyl sites for hydroxylation is 1. The summed E-state index contributed by atoms with van der Waals surface area (Å²) in [6, 6.07) is 12.2. The van der Waals surface area contributed by atoms with Crippen molar-refractivity contribution >= 4 is 11.3 Å². The molecular weight excluding hydrogens is 382 g/mol. The van der Waals surface area contributed by atoms with E-state index in [0.717, 1.165) is 47.8 Å². The molecule has 5 nitrogen and oxygen atoms in total. The Labute approximate surface area is 175 Å². The van der Waals surface area contributed by atoms with E-state index in [1.54, 1.807) is 17.4 Å². The average molecular weight is 410 g/mol. The molecule has 29 heavy (non-hydrogen) atoms. The van der Waals surface area contributed by atoms with E-state index < -0.39 is 0 Å². The maximum Gasteiger partial charge on any atom is 0.272 e. The maximum atomic E-state index is 12.5. The van der Waals surface area contributed by atoms with Crippen LogP contribution < -0.4 is 10.3 Å². The number of hydrogen-bond acceptors (Lipinski definition) is 5. The standard InChI is InChI=1S/C23H27N3O2S/c1-17-5-3-11-25(17)12-4-13-28-21-8-6-19(7-9-21)22-15-23(27)26(24-18(22)2)20-10-14-29-16-20/h6-10,14-17H,3-5,11-13H2,1-2H3/t17-/m1/s1. The number of aromatic nitrogens is 2. The smallest absolute Gasteiger partial charge is 0.272 e. The van der Waals surface area contributed by atoms with Crippen LogP contribution in [-0.4, -0.2) is 40.4 Å². The minimum Gasteiger partial charge on any atom is -0.494 e. The van der Waals surface area contributed by atoms with Crippen LogP contribution in [0.2, 0.25) is 0 Å². The van der Waals surface area contributed by atoms with Gasteiger partial charge in [-0.2, -0.15) is 21.1 Å². The second-order valence-corrected chi connectivity index (χ2v) is 8.41. The van der Waals surface area contributed by atoms with E-state index in [0.29, 0.717) is 6.04 Å². The van der Waals surface area contributed by atoms with Crippen LogP contribution in [0, 0.1) is 6.92 Å². The van der Waals surface area contributed by atoms with Crippen LogP contribution >= 0.6 is 11.3 Å². The van der Waals surface area contributed by atoms with Gasteiger partial charge in [0.2, 0.25) is 0 Å². The van der Waals surface area contributed by atoms with Gasteiger partial charge in [0.1, 0.15) is 5.75 Å². The van der Waals surface area contributed by atoms with Crippen molar-refractivity contribution in [2.45, 2.75) is 39.2 Å². The molecule has 2 aromatic heterocycles. The SMILES string of the molecule is Cc1nn(-c2ccsc2)c(=O)cc1-c1ccc(OCCCN2CCC[C@H]2C)cc1. The Balaban J connectivity index is 1.39. The summed E-state index contributed by atoms with van der Waals surface area (Å²) >= 11 is 1.55. The highest BCUT2D eigenvalue weighted by molar-refractivity contribution is 7.08. The van der Waals surface area contributed by atoms with Gasteiger partial charge in [0.15, 0.2) is 0 Å². The first-order chi connectivity index (χ1) is 14.1. The molecule has 6 heteroatoms. The van der Waals surface area contributed by atoms with E-state index in [4.69, 9.17) is 4.74 Å². The van der Waals surface area contributed by atoms with Crippen LogP contribution in [0.4, 0.5) is 0 Å².